The molecular formula is C26H26ClN6O3P. The van der Waals surface area contributed by atoms with E-state index < -0.39 is 7.14 Å². The highest BCUT2D eigenvalue weighted by molar-refractivity contribution is 7.70. The van der Waals surface area contributed by atoms with E-state index in [1.807, 2.05) is 42.5 Å². The summed E-state index contributed by atoms with van der Waals surface area (Å²) >= 11 is 6.37. The van der Waals surface area contributed by atoms with Crippen LogP contribution in [0, 0.1) is 12.3 Å². The van der Waals surface area contributed by atoms with Gasteiger partial charge in [-0.25, -0.2) is 4.98 Å². The van der Waals surface area contributed by atoms with Gasteiger partial charge in [0.1, 0.15) is 24.5 Å². The van der Waals surface area contributed by atoms with Gasteiger partial charge in [0.2, 0.25) is 5.95 Å². The average Bonchev–Trinajstić information content (AvgIpc) is 2.89. The maximum atomic E-state index is 12.7. The minimum absolute atomic E-state index is 0.0509. The van der Waals surface area contributed by atoms with Gasteiger partial charge in [0.15, 0.2) is 5.82 Å². The summed E-state index contributed by atoms with van der Waals surface area (Å²) < 4.78 is 18.8. The molecule has 2 aliphatic rings. The molecule has 5 rings (SSSR count). The minimum Gasteiger partial charge on any atom is -0.489 e. The zero-order valence-corrected chi connectivity index (χ0v) is 22.1. The van der Waals surface area contributed by atoms with E-state index in [0.29, 0.717) is 54.0 Å². The van der Waals surface area contributed by atoms with Crippen LogP contribution in [0.3, 0.4) is 0 Å². The van der Waals surface area contributed by atoms with Gasteiger partial charge in [-0.1, -0.05) is 23.7 Å². The maximum Gasteiger partial charge on any atom is 0.298 e. The van der Waals surface area contributed by atoms with Crippen molar-refractivity contribution in [1.29, 1.82) is 0 Å². The fourth-order valence-electron chi connectivity index (χ4n) is 4.54. The van der Waals surface area contributed by atoms with E-state index in [4.69, 9.17) is 22.8 Å². The Kier molecular flexibility index (Phi) is 6.72. The Morgan fingerprint density at radius 3 is 2.81 bits per heavy atom. The van der Waals surface area contributed by atoms with Crippen molar-refractivity contribution < 1.29 is 14.1 Å². The average molecular weight is 537 g/mol. The number of halogens is 1. The molecule has 11 heteroatoms. The van der Waals surface area contributed by atoms with E-state index in [2.05, 4.69) is 31.4 Å². The van der Waals surface area contributed by atoms with Crippen LogP contribution in [0.5, 0.6) is 5.75 Å². The molecule has 1 saturated heterocycles. The molecule has 9 nitrogen and oxygen atoms in total. The van der Waals surface area contributed by atoms with Crippen molar-refractivity contribution in [3.63, 3.8) is 0 Å². The van der Waals surface area contributed by atoms with E-state index in [1.165, 1.54) is 6.20 Å². The third-order valence-electron chi connectivity index (χ3n) is 6.33. The van der Waals surface area contributed by atoms with Crippen LogP contribution in [0.2, 0.25) is 5.02 Å². The number of hydrogen-bond acceptors (Lipinski definition) is 8. The topological polar surface area (TPSA) is 99.7 Å². The normalized spacial score (nSPS) is 16.6. The second-order valence-corrected chi connectivity index (χ2v) is 12.8. The van der Waals surface area contributed by atoms with Crippen LogP contribution in [0.25, 0.3) is 0 Å². The summed E-state index contributed by atoms with van der Waals surface area (Å²) in [5.74, 6) is 3.38. The van der Waals surface area contributed by atoms with Crippen molar-refractivity contribution >= 4 is 58.8 Å². The van der Waals surface area contributed by atoms with Crippen molar-refractivity contribution in [3.8, 4) is 18.1 Å². The monoisotopic (exact) mass is 536 g/mol. The van der Waals surface area contributed by atoms with Crippen LogP contribution in [-0.2, 0) is 9.36 Å². The second kappa shape index (κ2) is 9.97. The summed E-state index contributed by atoms with van der Waals surface area (Å²) in [5, 5.41) is 7.46. The first-order chi connectivity index (χ1) is 17.7. The molecule has 2 N–H and O–H groups in total. The molecule has 190 valence electrons. The Bertz CT molecular complexity index is 1450. The third-order valence-corrected chi connectivity index (χ3v) is 8.16. The molecular weight excluding hydrogens is 511 g/mol. The maximum absolute atomic E-state index is 12.7. The lowest BCUT2D eigenvalue weighted by molar-refractivity contribution is -0.126. The van der Waals surface area contributed by atoms with Crippen LogP contribution in [-0.4, -0.2) is 66.4 Å². The first-order valence-corrected chi connectivity index (χ1v) is 14.7. The second-order valence-electron chi connectivity index (χ2n) is 9.24. The molecule has 1 aromatic heterocycles. The van der Waals surface area contributed by atoms with Gasteiger partial charge in [-0.2, -0.15) is 4.98 Å². The van der Waals surface area contributed by atoms with Crippen molar-refractivity contribution in [2.45, 2.75) is 6.04 Å². The van der Waals surface area contributed by atoms with Gasteiger partial charge in [-0.3, -0.25) is 4.79 Å². The Balaban J connectivity index is 1.34. The number of ether oxygens (including phenoxy) is 1. The number of para-hydroxylation sites is 1. The summed E-state index contributed by atoms with van der Waals surface area (Å²) in [5.41, 5.74) is 2.40. The molecule has 0 spiro atoms. The van der Waals surface area contributed by atoms with Crippen LogP contribution in [0.15, 0.2) is 48.7 Å². The number of hydrogen-bond donors (Lipinski definition) is 2. The molecule has 0 bridgehead atoms. The molecule has 1 fully saturated rings. The zero-order chi connectivity index (χ0) is 26.2. The van der Waals surface area contributed by atoms with Crippen LogP contribution >= 0.6 is 18.7 Å². The summed E-state index contributed by atoms with van der Waals surface area (Å²) in [6.07, 6.45) is 6.79. The summed E-state index contributed by atoms with van der Waals surface area (Å²) in [4.78, 5) is 24.7. The van der Waals surface area contributed by atoms with Crippen molar-refractivity contribution in [2.75, 3.05) is 55.1 Å². The number of rotatable bonds is 5. The van der Waals surface area contributed by atoms with E-state index in [1.54, 1.807) is 18.2 Å². The fraction of sp³-hybridized carbons (Fsp3) is 0.269. The molecule has 1 atom stereocenters. The Hall–Kier alpha value is -3.73. The van der Waals surface area contributed by atoms with Crippen LogP contribution in [0.1, 0.15) is 0 Å². The minimum atomic E-state index is -2.52. The Morgan fingerprint density at radius 2 is 2.03 bits per heavy atom. The summed E-state index contributed by atoms with van der Waals surface area (Å²) in [7, 11) is -2.52. The highest BCUT2D eigenvalue weighted by Gasteiger charge is 2.34. The van der Waals surface area contributed by atoms with Crippen molar-refractivity contribution in [3.05, 3.63) is 53.7 Å². The zero-order valence-electron chi connectivity index (χ0n) is 20.4. The number of aromatic nitrogens is 2. The van der Waals surface area contributed by atoms with Gasteiger partial charge in [-0.15, -0.1) is 6.42 Å². The number of piperazine rings is 1. The van der Waals surface area contributed by atoms with E-state index >= 15 is 0 Å². The smallest absolute Gasteiger partial charge is 0.298 e. The number of nitrogens with zero attached hydrogens (tertiary/aromatic N) is 4. The predicted molar refractivity (Wildman–Crippen MR) is 148 cm³/mol. The van der Waals surface area contributed by atoms with E-state index in [0.717, 1.165) is 17.1 Å². The molecule has 2 aromatic carbocycles. The molecule has 3 aromatic rings. The first kappa shape index (κ1) is 24.9. The fourth-order valence-corrected chi connectivity index (χ4v) is 5.84. The number of carbonyl (C=O) groups excluding carboxylic acids is 1. The highest BCUT2D eigenvalue weighted by Crippen LogP contribution is 2.39. The van der Waals surface area contributed by atoms with Gasteiger partial charge in [0.25, 0.3) is 5.91 Å². The SMILES string of the molecule is C#CC(=O)N1CCN2c3ccc(Nc4ncc(Cl)c(Nc5ccccc5P(C)(C)=O)n4)cc3OC[C@H]2C1. The first-order valence-electron chi connectivity index (χ1n) is 11.7. The van der Waals surface area contributed by atoms with Gasteiger partial charge in [0.05, 0.1) is 23.6 Å². The number of carbonyl (C=O) groups is 1. The number of terminal acetylenes is 1. The van der Waals surface area contributed by atoms with E-state index in [9.17, 15) is 9.36 Å². The lowest BCUT2D eigenvalue weighted by Gasteiger charge is -2.45. The molecule has 0 aliphatic carbocycles. The van der Waals surface area contributed by atoms with Crippen LogP contribution in [0.4, 0.5) is 28.8 Å². The molecule has 0 saturated carbocycles. The third kappa shape index (κ3) is 5.22. The summed E-state index contributed by atoms with van der Waals surface area (Å²) in [6.45, 7) is 5.68. The van der Waals surface area contributed by atoms with Gasteiger partial charge in [-0.05, 0) is 43.5 Å². The highest BCUT2D eigenvalue weighted by atomic mass is 35.5. The number of amides is 1. The standard InChI is InChI=1S/C26H26ClN6O3P/c1-4-24(34)32-11-12-33-18(15-32)16-36-22-13-17(9-10-21(22)33)29-26-28-14-19(27)25(31-26)30-20-7-5-6-8-23(20)37(2,3)35/h1,5-10,13-14,18H,11-12,15-16H2,2-3H3,(H2,28,29,30,31)/t18-/m1/s1. The lowest BCUT2D eigenvalue weighted by Crippen LogP contribution is -2.58. The number of benzene rings is 2. The quantitative estimate of drug-likeness (QED) is 0.374. The van der Waals surface area contributed by atoms with Gasteiger partial charge < -0.3 is 29.7 Å². The van der Waals surface area contributed by atoms with E-state index in [-0.39, 0.29) is 11.9 Å². The van der Waals surface area contributed by atoms with Gasteiger partial charge in [0, 0.05) is 36.7 Å². The molecule has 2 aliphatic heterocycles. The molecule has 3 heterocycles. The van der Waals surface area contributed by atoms with Crippen molar-refractivity contribution in [2.24, 2.45) is 0 Å². The van der Waals surface area contributed by atoms with Gasteiger partial charge >= 0.3 is 0 Å². The van der Waals surface area contributed by atoms with Crippen LogP contribution < -0.4 is 25.6 Å². The number of fused-ring (bicyclic) bond motifs is 3. The molecule has 1 amide bonds. The Labute approximate surface area is 220 Å². The lowest BCUT2D eigenvalue weighted by atomic mass is 10.1. The summed E-state index contributed by atoms with van der Waals surface area (Å²) in [6, 6.07) is 13.2. The molecule has 37 heavy (non-hydrogen) atoms. The molecule has 0 unspecified atom stereocenters. The largest absolute Gasteiger partial charge is 0.489 e. The van der Waals surface area contributed by atoms with Crippen molar-refractivity contribution in [1.82, 2.24) is 14.9 Å². The Morgan fingerprint density at radius 1 is 1.22 bits per heavy atom. The predicted octanol–water partition coefficient (Wildman–Crippen LogP) is 3.91. The molecule has 0 radical (unpaired) electrons. The number of nitrogens with one attached hydrogen (secondary N) is 2. The number of anilines is 5.